The molecule has 12 N–H and O–H groups in total. The van der Waals surface area contributed by atoms with Crippen molar-refractivity contribution in [2.75, 3.05) is 19.7 Å². The Balaban J connectivity index is 1.77. The van der Waals surface area contributed by atoms with Gasteiger partial charge < -0.3 is 119 Å². The molecule has 33 nitrogen and oxygen atoms in total. The highest BCUT2D eigenvalue weighted by Crippen LogP contribution is 2.40. The minimum Gasteiger partial charge on any atom is -0.444 e. The third kappa shape index (κ3) is 25.8. The first kappa shape index (κ1) is 86.9. The maximum absolute atomic E-state index is 15.1. The van der Waals surface area contributed by atoms with Gasteiger partial charge in [0.25, 0.3) is 10.1 Å². The lowest BCUT2D eigenvalue weighted by Gasteiger charge is -2.49. The molecule has 5 rings (SSSR count). The van der Waals surface area contributed by atoms with Crippen molar-refractivity contribution in [1.29, 1.82) is 0 Å². The van der Waals surface area contributed by atoms with Crippen molar-refractivity contribution < 1.29 is 129 Å². The van der Waals surface area contributed by atoms with E-state index in [4.69, 9.17) is 61.0 Å². The summed E-state index contributed by atoms with van der Waals surface area (Å²) in [5, 5.41) is 88.3. The number of benzene rings is 1. The number of alkyl carbamates (subject to hydrolysis) is 6. The molecular formula is C68H116N6O27S. The fourth-order valence-corrected chi connectivity index (χ4v) is 12.9. The van der Waals surface area contributed by atoms with Crippen LogP contribution in [0.2, 0.25) is 0 Å². The van der Waals surface area contributed by atoms with Crippen molar-refractivity contribution in [2.45, 2.75) is 345 Å². The monoisotopic (exact) mass is 1480 g/mol. The van der Waals surface area contributed by atoms with Crippen molar-refractivity contribution in [3.05, 3.63) is 28.8 Å². The summed E-state index contributed by atoms with van der Waals surface area (Å²) in [5.41, 5.74) is -4.95. The Kier molecular flexibility index (Phi) is 29.2. The number of aliphatic hydroxyl groups is 6. The summed E-state index contributed by atoms with van der Waals surface area (Å²) >= 11 is 0. The molecule has 19 atom stereocenters. The molecule has 4 fully saturated rings. The van der Waals surface area contributed by atoms with E-state index in [0.717, 1.165) is 5.56 Å². The summed E-state index contributed by atoms with van der Waals surface area (Å²) in [5.74, 6) is -0.807. The molecule has 6 amide bonds. The van der Waals surface area contributed by atoms with Crippen LogP contribution in [0.25, 0.3) is 0 Å². The fraction of sp³-hybridized carbons (Fsp3) is 0.824. The number of hydrogen-bond acceptors (Lipinski definition) is 27. The first-order valence-corrected chi connectivity index (χ1v) is 35.8. The standard InChI is InChI=1S/C68H116N6O27S/c1-31(2)34-25-35(32(3)4)53(36(26-34)33(5)6)102(87,88)89-30-41-51(94-55-43(74-62(86)101-68(22,23)24)48(79)46(77)40(91-55)29-70-58(82)97-64(10,11)12)49(80)56(92-41)95-52-44(75)37(71-59(83)98-65(13,14)15)27-38(72-60(84)99-66(16,17)18)50(52)93-54-42(73-61(85)100-67(19,20)21)47(78)45(76)39(90-54)28-69-57(81)96-63(7,8)9/h25-26,31-33,37-52,54-56,75-80H,27-30H2,1-24H3,(H,69,81)(H,70,82)(H,71,83)(H,72,84)(H,73,85)(H,74,86)/t37-,38?,39?,40?,41+,42?,43?,44?,45+,46?,47?,48?,49-,50+,51?,52?,54+,55?,56-/m0/s1. The van der Waals surface area contributed by atoms with Crippen LogP contribution in [0.5, 0.6) is 0 Å². The Morgan fingerprint density at radius 2 is 0.755 bits per heavy atom. The second-order valence-corrected chi connectivity index (χ2v) is 34.5. The molecule has 4 aliphatic rings. The lowest BCUT2D eigenvalue weighted by Crippen LogP contribution is -2.70. The first-order chi connectivity index (χ1) is 46.4. The van der Waals surface area contributed by atoms with Gasteiger partial charge in [-0.15, -0.1) is 0 Å². The van der Waals surface area contributed by atoms with Crippen molar-refractivity contribution in [2.24, 2.45) is 0 Å². The van der Waals surface area contributed by atoms with Crippen LogP contribution in [0.1, 0.15) is 207 Å². The zero-order valence-corrected chi connectivity index (χ0v) is 64.2. The highest BCUT2D eigenvalue weighted by molar-refractivity contribution is 7.86. The van der Waals surface area contributed by atoms with E-state index in [0.29, 0.717) is 11.1 Å². The van der Waals surface area contributed by atoms with E-state index >= 15 is 8.42 Å². The van der Waals surface area contributed by atoms with Crippen LogP contribution in [-0.2, 0) is 71.1 Å². The largest absolute Gasteiger partial charge is 0.444 e. The highest BCUT2D eigenvalue weighted by atomic mass is 32.2. The van der Waals surface area contributed by atoms with E-state index in [1.165, 1.54) is 0 Å². The molecule has 12 unspecified atom stereocenters. The predicted molar refractivity (Wildman–Crippen MR) is 364 cm³/mol. The maximum atomic E-state index is 15.1. The lowest BCUT2D eigenvalue weighted by atomic mass is 9.83. The molecule has 0 bridgehead atoms. The number of carbonyl (C=O) groups is 6. The number of rotatable bonds is 21. The molecule has 586 valence electrons. The molecule has 34 heteroatoms. The number of carbonyl (C=O) groups excluding carboxylic acids is 6. The average Bonchev–Trinajstić information content (AvgIpc) is 1.15. The Bertz CT molecular complexity index is 3080. The molecule has 1 aromatic carbocycles. The van der Waals surface area contributed by atoms with E-state index in [-0.39, 0.29) is 22.6 Å². The fourth-order valence-electron chi connectivity index (χ4n) is 11.3. The molecule has 1 saturated carbocycles. The Morgan fingerprint density at radius 3 is 1.12 bits per heavy atom. The van der Waals surface area contributed by atoms with Gasteiger partial charge in [-0.25, -0.2) is 28.8 Å². The number of ether oxygens (including phenoxy) is 12. The third-order valence-corrected chi connectivity index (χ3v) is 17.1. The molecule has 3 heterocycles. The minimum atomic E-state index is -4.88. The second kappa shape index (κ2) is 34.2. The zero-order chi connectivity index (χ0) is 77.7. The van der Waals surface area contributed by atoms with Crippen molar-refractivity contribution in [3.8, 4) is 0 Å². The SMILES string of the molecule is CC(C)c1cc(C(C)C)c(S(=O)(=O)OC[C@H]2O[C@@H](OC3C(O)[C@@H](NC(=O)OC(C)(C)C)CC(NC(=O)OC(C)(C)C)[C@H]3O[C@H]3OC(CNC(=O)OC(C)(C)C)[C@@H](O)C(O)C3NC(=O)OC(C)(C)C)[C@@H](O)C2OC2OC(CNC(=O)OC(C)(C)C)C(O)C(O)C2NC(=O)OC(C)(C)C)c(C(C)C)c1. The number of aliphatic hydroxyl groups excluding tert-OH is 6. The molecule has 102 heavy (non-hydrogen) atoms. The summed E-state index contributed by atoms with van der Waals surface area (Å²) in [6.07, 6.45) is -36.6. The molecule has 0 aromatic heterocycles. The normalized spacial score (nSPS) is 29.9. The molecular weight excluding hydrogens is 1360 g/mol. The van der Waals surface area contributed by atoms with E-state index in [2.05, 4.69) is 31.9 Å². The van der Waals surface area contributed by atoms with E-state index in [1.54, 1.807) is 137 Å². The van der Waals surface area contributed by atoms with Crippen LogP contribution in [0, 0.1) is 0 Å². The number of nitrogens with one attached hydrogen (secondary N) is 6. The van der Waals surface area contributed by atoms with Crippen LogP contribution in [0.4, 0.5) is 28.8 Å². The number of hydrogen-bond donors (Lipinski definition) is 12. The van der Waals surface area contributed by atoms with Gasteiger partial charge in [0.1, 0.15) is 124 Å². The van der Waals surface area contributed by atoms with Gasteiger partial charge in [-0.1, -0.05) is 53.7 Å². The van der Waals surface area contributed by atoms with Gasteiger partial charge in [0, 0.05) is 13.1 Å². The van der Waals surface area contributed by atoms with Gasteiger partial charge in [-0.2, -0.15) is 8.42 Å². The molecule has 1 aromatic rings. The first-order valence-electron chi connectivity index (χ1n) is 34.4. The number of amides is 6. The van der Waals surface area contributed by atoms with E-state index < -0.39 is 223 Å². The third-order valence-electron chi connectivity index (χ3n) is 15.7. The zero-order valence-electron chi connectivity index (χ0n) is 63.3. The van der Waals surface area contributed by atoms with Crippen LogP contribution in [-0.4, -0.2) is 245 Å². The van der Waals surface area contributed by atoms with Crippen molar-refractivity contribution in [1.82, 2.24) is 31.9 Å². The van der Waals surface area contributed by atoms with Gasteiger partial charge >= 0.3 is 36.6 Å². The highest BCUT2D eigenvalue weighted by Gasteiger charge is 2.58. The smallest absolute Gasteiger partial charge is 0.408 e. The Labute approximate surface area is 598 Å². The summed E-state index contributed by atoms with van der Waals surface area (Å²) in [6.45, 7) is 37.2. The van der Waals surface area contributed by atoms with Crippen LogP contribution < -0.4 is 31.9 Å². The maximum Gasteiger partial charge on any atom is 0.408 e. The minimum absolute atomic E-state index is 0.0293. The van der Waals surface area contributed by atoms with Gasteiger partial charge in [0.05, 0.1) is 18.7 Å². The Hall–Kier alpha value is -5.73. The summed E-state index contributed by atoms with van der Waals surface area (Å²) < 4.78 is 109. The second-order valence-electron chi connectivity index (χ2n) is 33.0. The van der Waals surface area contributed by atoms with Crippen molar-refractivity contribution >= 4 is 46.7 Å². The molecule has 0 radical (unpaired) electrons. The van der Waals surface area contributed by atoms with E-state index in [9.17, 15) is 59.4 Å². The molecule has 3 saturated heterocycles. The molecule has 0 spiro atoms. The van der Waals surface area contributed by atoms with Gasteiger partial charge in [-0.05, 0) is 165 Å². The quantitative estimate of drug-likeness (QED) is 0.0550. The van der Waals surface area contributed by atoms with Crippen molar-refractivity contribution in [3.63, 3.8) is 0 Å². The predicted octanol–water partition coefficient (Wildman–Crippen LogP) is 5.28. The van der Waals surface area contributed by atoms with E-state index in [1.807, 2.05) is 41.5 Å². The summed E-state index contributed by atoms with van der Waals surface area (Å²) in [6, 6.07) is -3.24. The van der Waals surface area contributed by atoms with Crippen LogP contribution in [0.15, 0.2) is 17.0 Å². The van der Waals surface area contributed by atoms with Gasteiger partial charge in [0.15, 0.2) is 18.9 Å². The van der Waals surface area contributed by atoms with Crippen LogP contribution in [0.3, 0.4) is 0 Å². The average molecular weight is 1480 g/mol. The van der Waals surface area contributed by atoms with Crippen LogP contribution >= 0.6 is 0 Å². The Morgan fingerprint density at radius 1 is 0.422 bits per heavy atom. The summed E-state index contributed by atoms with van der Waals surface area (Å²) in [4.78, 5) is 81.4. The molecule has 3 aliphatic heterocycles. The van der Waals surface area contributed by atoms with Gasteiger partial charge in [0.2, 0.25) is 0 Å². The lowest BCUT2D eigenvalue weighted by molar-refractivity contribution is -0.311. The summed E-state index contributed by atoms with van der Waals surface area (Å²) in [7, 11) is -4.88. The van der Waals surface area contributed by atoms with Gasteiger partial charge in [-0.3, -0.25) is 4.18 Å². The molecule has 1 aliphatic carbocycles. The topological polar surface area (TPSA) is 450 Å².